The predicted octanol–water partition coefficient (Wildman–Crippen LogP) is 4.62. The molecule has 3 N–H and O–H groups in total. The van der Waals surface area contributed by atoms with Crippen LogP contribution in [0.5, 0.6) is 0 Å². The summed E-state index contributed by atoms with van der Waals surface area (Å²) in [5.41, 5.74) is 3.01. The van der Waals surface area contributed by atoms with Gasteiger partial charge in [-0.2, -0.15) is 0 Å². The Kier molecular flexibility index (Phi) is 12.0. The molecule has 304 valence electrons. The molecule has 8 rings (SSSR count). The number of aromatic nitrogens is 2. The van der Waals surface area contributed by atoms with Crippen molar-refractivity contribution in [2.45, 2.75) is 75.6 Å². The lowest BCUT2D eigenvalue weighted by atomic mass is 9.93. The van der Waals surface area contributed by atoms with Gasteiger partial charge in [-0.25, -0.2) is 23.5 Å². The van der Waals surface area contributed by atoms with Crippen LogP contribution < -0.4 is 25.8 Å². The molecule has 0 bridgehead atoms. The highest BCUT2D eigenvalue weighted by Gasteiger charge is 2.33. The molecule has 3 amide bonds. The van der Waals surface area contributed by atoms with Crippen molar-refractivity contribution in [2.24, 2.45) is 0 Å². The first-order valence-electron chi connectivity index (χ1n) is 20.3. The van der Waals surface area contributed by atoms with E-state index in [9.17, 15) is 18.8 Å². The summed E-state index contributed by atoms with van der Waals surface area (Å²) >= 11 is 0. The highest BCUT2D eigenvalue weighted by molar-refractivity contribution is 6.01. The molecule has 1 aromatic heterocycles. The van der Waals surface area contributed by atoms with Gasteiger partial charge < -0.3 is 34.8 Å². The Morgan fingerprint density at radius 2 is 1.60 bits per heavy atom. The average Bonchev–Trinajstić information content (AvgIpc) is 3.24. The standard InChI is InChI=1S/C41H51F2N9O5/c42-33-25-29(45-35-9-11-37(53)47-39(35)54)6-10-36(33)51-18-16-49(17-19-51)30-12-14-52(15-13-30)41(55)57-32-7-4-28(5-8-32)46-40-44-26-34(43)38(48-40)27-2-1-3-31(24-27)50-20-22-56-23-21-50/h1-3,6,10,24-26,28,30,32,35,45H,4-5,7-9,11-23H2,(H,44,46,48)(H,47,53,54)/t28-,32-,35?. The van der Waals surface area contributed by atoms with Gasteiger partial charge in [0.2, 0.25) is 17.8 Å². The summed E-state index contributed by atoms with van der Waals surface area (Å²) in [6.45, 7) is 7.17. The lowest BCUT2D eigenvalue weighted by Crippen LogP contribution is -2.54. The van der Waals surface area contributed by atoms with E-state index in [1.165, 1.54) is 12.3 Å². The van der Waals surface area contributed by atoms with Gasteiger partial charge >= 0.3 is 6.09 Å². The number of morpholine rings is 1. The smallest absolute Gasteiger partial charge is 0.410 e. The van der Waals surface area contributed by atoms with Crippen molar-refractivity contribution in [1.82, 2.24) is 25.1 Å². The molecule has 57 heavy (non-hydrogen) atoms. The molecule has 14 nitrogen and oxygen atoms in total. The molecule has 1 saturated carbocycles. The van der Waals surface area contributed by atoms with Crippen LogP contribution in [-0.2, 0) is 19.1 Å². The van der Waals surface area contributed by atoms with E-state index < -0.39 is 11.9 Å². The molecule has 16 heteroatoms. The quantitative estimate of drug-likeness (QED) is 0.261. The molecule has 5 heterocycles. The van der Waals surface area contributed by atoms with Gasteiger partial charge in [-0.1, -0.05) is 12.1 Å². The molecule has 5 fully saturated rings. The number of piperidine rings is 2. The summed E-state index contributed by atoms with van der Waals surface area (Å²) in [6.07, 6.45) is 6.16. The highest BCUT2D eigenvalue weighted by atomic mass is 19.1. The number of carbonyl (C=O) groups is 3. The van der Waals surface area contributed by atoms with Gasteiger partial charge in [-0.3, -0.25) is 19.8 Å². The Hall–Kier alpha value is -5.09. The van der Waals surface area contributed by atoms with Crippen LogP contribution in [0.15, 0.2) is 48.7 Å². The normalized spacial score (nSPS) is 23.9. The molecule has 0 spiro atoms. The zero-order valence-electron chi connectivity index (χ0n) is 32.1. The molecule has 5 aliphatic rings. The minimum absolute atomic E-state index is 0.0898. The number of anilines is 4. The van der Waals surface area contributed by atoms with Gasteiger partial charge in [0.1, 0.15) is 23.7 Å². The second-order valence-electron chi connectivity index (χ2n) is 15.6. The van der Waals surface area contributed by atoms with Crippen molar-refractivity contribution in [3.05, 3.63) is 60.3 Å². The molecule has 4 saturated heterocycles. The van der Waals surface area contributed by atoms with Crippen LogP contribution in [0.2, 0.25) is 0 Å². The second-order valence-corrected chi connectivity index (χ2v) is 15.6. The third kappa shape index (κ3) is 9.39. The Labute approximate surface area is 331 Å². The van der Waals surface area contributed by atoms with Gasteiger partial charge in [-0.15, -0.1) is 0 Å². The number of piperazine rings is 1. The highest BCUT2D eigenvalue weighted by Crippen LogP contribution is 2.30. The van der Waals surface area contributed by atoms with Crippen LogP contribution in [-0.4, -0.2) is 127 Å². The monoisotopic (exact) mass is 787 g/mol. The molecule has 0 radical (unpaired) electrons. The van der Waals surface area contributed by atoms with Crippen molar-refractivity contribution in [1.29, 1.82) is 0 Å². The van der Waals surface area contributed by atoms with Crippen LogP contribution in [0, 0.1) is 11.6 Å². The summed E-state index contributed by atoms with van der Waals surface area (Å²) in [5.74, 6) is -1.12. The second kappa shape index (κ2) is 17.6. The number of halogens is 2. The molecule has 1 atom stereocenters. The SMILES string of the molecule is O=C1CCC(Nc2ccc(N3CCN(C4CCN(C(=O)O[C@H]5CC[C@H](Nc6ncc(F)c(-c7cccc(N8CCOCC8)c7)n6)CC5)CC4)CC3)c(F)c2)C(=O)N1. The lowest BCUT2D eigenvalue weighted by molar-refractivity contribution is -0.133. The number of carbonyl (C=O) groups excluding carboxylic acids is 3. The van der Waals surface area contributed by atoms with Crippen molar-refractivity contribution in [3.8, 4) is 11.3 Å². The van der Waals surface area contributed by atoms with E-state index in [-0.39, 0.29) is 48.0 Å². The number of amides is 3. The minimum Gasteiger partial charge on any atom is -0.446 e. The number of benzene rings is 2. The third-order valence-electron chi connectivity index (χ3n) is 11.9. The van der Waals surface area contributed by atoms with Crippen LogP contribution in [0.1, 0.15) is 51.4 Å². The molecule has 1 aliphatic carbocycles. The molecular formula is C41H51F2N9O5. The van der Waals surface area contributed by atoms with Gasteiger partial charge in [0, 0.05) is 87.8 Å². The molecular weight excluding hydrogens is 737 g/mol. The maximum Gasteiger partial charge on any atom is 0.410 e. The predicted molar refractivity (Wildman–Crippen MR) is 211 cm³/mol. The maximum atomic E-state index is 15.2. The number of imide groups is 1. The largest absolute Gasteiger partial charge is 0.446 e. The zero-order chi connectivity index (χ0) is 39.3. The molecule has 2 aromatic carbocycles. The van der Waals surface area contributed by atoms with Crippen molar-refractivity contribution < 1.29 is 32.6 Å². The zero-order valence-corrected chi connectivity index (χ0v) is 32.1. The fourth-order valence-electron chi connectivity index (χ4n) is 8.66. The Morgan fingerprint density at radius 3 is 2.33 bits per heavy atom. The van der Waals surface area contributed by atoms with E-state index >= 15 is 4.39 Å². The summed E-state index contributed by atoms with van der Waals surface area (Å²) in [7, 11) is 0. The first-order valence-corrected chi connectivity index (χ1v) is 20.3. The number of ether oxygens (including phenoxy) is 2. The van der Waals surface area contributed by atoms with E-state index in [1.54, 1.807) is 12.1 Å². The molecule has 4 aliphatic heterocycles. The molecule has 3 aromatic rings. The number of nitrogens with zero attached hydrogens (tertiary/aromatic N) is 6. The number of hydrogen-bond donors (Lipinski definition) is 3. The Bertz CT molecular complexity index is 1910. The van der Waals surface area contributed by atoms with E-state index in [2.05, 4.69) is 40.6 Å². The first kappa shape index (κ1) is 38.8. The summed E-state index contributed by atoms with van der Waals surface area (Å²) in [6, 6.07) is 12.6. The summed E-state index contributed by atoms with van der Waals surface area (Å²) in [5, 5.41) is 8.75. The van der Waals surface area contributed by atoms with Gasteiger partial charge in [0.25, 0.3) is 0 Å². The summed E-state index contributed by atoms with van der Waals surface area (Å²) in [4.78, 5) is 54.0. The van der Waals surface area contributed by atoms with Crippen LogP contribution in [0.25, 0.3) is 11.3 Å². The van der Waals surface area contributed by atoms with Crippen molar-refractivity contribution in [3.63, 3.8) is 0 Å². The number of rotatable bonds is 9. The van der Waals surface area contributed by atoms with Crippen molar-refractivity contribution in [2.75, 3.05) is 86.0 Å². The first-order chi connectivity index (χ1) is 27.8. The van der Waals surface area contributed by atoms with Gasteiger partial charge in [-0.05, 0) is 75.3 Å². The average molecular weight is 788 g/mol. The lowest BCUT2D eigenvalue weighted by Gasteiger charge is -2.43. The van der Waals surface area contributed by atoms with E-state index in [4.69, 9.17) is 9.47 Å². The van der Waals surface area contributed by atoms with Crippen LogP contribution in [0.3, 0.4) is 0 Å². The van der Waals surface area contributed by atoms with E-state index in [0.29, 0.717) is 74.7 Å². The van der Waals surface area contributed by atoms with Gasteiger partial charge in [0.15, 0.2) is 5.82 Å². The summed E-state index contributed by atoms with van der Waals surface area (Å²) < 4.78 is 41.6. The number of likely N-dealkylation sites (tertiary alicyclic amines) is 1. The Morgan fingerprint density at radius 1 is 0.825 bits per heavy atom. The van der Waals surface area contributed by atoms with Crippen LogP contribution in [0.4, 0.5) is 36.6 Å². The Balaban J connectivity index is 0.750. The fourth-order valence-corrected chi connectivity index (χ4v) is 8.66. The van der Waals surface area contributed by atoms with E-state index in [0.717, 1.165) is 70.4 Å². The molecule has 1 unspecified atom stereocenters. The fraction of sp³-hybridized carbons (Fsp3) is 0.537. The van der Waals surface area contributed by atoms with Crippen LogP contribution >= 0.6 is 0 Å². The minimum atomic E-state index is -0.565. The van der Waals surface area contributed by atoms with E-state index in [1.807, 2.05) is 29.2 Å². The number of hydrogen-bond acceptors (Lipinski definition) is 12. The van der Waals surface area contributed by atoms with Gasteiger partial charge in [0.05, 0.1) is 25.1 Å². The topological polar surface area (TPSA) is 144 Å². The number of nitrogens with one attached hydrogen (secondary N) is 3. The van der Waals surface area contributed by atoms with Crippen molar-refractivity contribution >= 4 is 40.9 Å². The maximum absolute atomic E-state index is 15.2. The third-order valence-corrected chi connectivity index (χ3v) is 11.9.